The first-order valence-electron chi connectivity index (χ1n) is 10.2. The SMILES string of the molecule is O=C(C1CCN(S(=O)(=O)c2cccc(C(F)(F)F)c2)CC1)N1CCc2ccccc2C1. The number of carbonyl (C=O) groups is 1. The van der Waals surface area contributed by atoms with E-state index in [1.165, 1.54) is 15.9 Å². The topological polar surface area (TPSA) is 57.7 Å². The summed E-state index contributed by atoms with van der Waals surface area (Å²) < 4.78 is 65.7. The number of sulfonamides is 1. The van der Waals surface area contributed by atoms with Crippen LogP contribution in [0.25, 0.3) is 0 Å². The summed E-state index contributed by atoms with van der Waals surface area (Å²) in [6.07, 6.45) is -3.10. The van der Waals surface area contributed by atoms with Crippen molar-refractivity contribution in [2.75, 3.05) is 19.6 Å². The van der Waals surface area contributed by atoms with Crippen molar-refractivity contribution in [3.05, 3.63) is 65.2 Å². The smallest absolute Gasteiger partial charge is 0.338 e. The Morgan fingerprint density at radius 2 is 1.61 bits per heavy atom. The van der Waals surface area contributed by atoms with Gasteiger partial charge in [0.05, 0.1) is 10.5 Å². The third-order valence-electron chi connectivity index (χ3n) is 6.04. The molecule has 0 atom stereocenters. The third-order valence-corrected chi connectivity index (χ3v) is 7.94. The molecule has 5 nitrogen and oxygen atoms in total. The molecule has 0 radical (unpaired) electrons. The number of rotatable bonds is 3. The number of carbonyl (C=O) groups excluding carboxylic acids is 1. The van der Waals surface area contributed by atoms with Gasteiger partial charge in [-0.15, -0.1) is 0 Å². The number of halogens is 3. The van der Waals surface area contributed by atoms with Crippen molar-refractivity contribution in [3.63, 3.8) is 0 Å². The summed E-state index contributed by atoms with van der Waals surface area (Å²) in [5.74, 6) is -0.260. The van der Waals surface area contributed by atoms with Gasteiger partial charge in [0.15, 0.2) is 0 Å². The highest BCUT2D eigenvalue weighted by Crippen LogP contribution is 2.32. The molecule has 166 valence electrons. The summed E-state index contributed by atoms with van der Waals surface area (Å²) >= 11 is 0. The van der Waals surface area contributed by atoms with Crippen LogP contribution >= 0.6 is 0 Å². The maximum Gasteiger partial charge on any atom is 0.416 e. The van der Waals surface area contributed by atoms with E-state index in [-0.39, 0.29) is 29.8 Å². The summed E-state index contributed by atoms with van der Waals surface area (Å²) in [5, 5.41) is 0. The molecule has 0 saturated carbocycles. The monoisotopic (exact) mass is 452 g/mol. The van der Waals surface area contributed by atoms with Crippen molar-refractivity contribution in [1.82, 2.24) is 9.21 Å². The van der Waals surface area contributed by atoms with Gasteiger partial charge < -0.3 is 4.90 Å². The van der Waals surface area contributed by atoms with E-state index in [0.717, 1.165) is 24.1 Å². The van der Waals surface area contributed by atoms with E-state index in [1.807, 2.05) is 23.1 Å². The number of amides is 1. The molecule has 1 saturated heterocycles. The van der Waals surface area contributed by atoms with Gasteiger partial charge in [-0.1, -0.05) is 30.3 Å². The molecule has 2 aliphatic heterocycles. The lowest BCUT2D eigenvalue weighted by molar-refractivity contribution is -0.138. The molecular weight excluding hydrogens is 429 g/mol. The molecule has 4 rings (SSSR count). The quantitative estimate of drug-likeness (QED) is 0.714. The standard InChI is InChI=1S/C22H23F3N2O3S/c23-22(24,25)19-6-3-7-20(14-19)31(29,30)27-12-9-17(10-13-27)21(28)26-11-8-16-4-1-2-5-18(16)15-26/h1-7,14,17H,8-13,15H2. The molecule has 0 bridgehead atoms. The zero-order chi connectivity index (χ0) is 22.2. The first kappa shape index (κ1) is 21.8. The number of hydrogen-bond donors (Lipinski definition) is 0. The Labute approximate surface area is 179 Å². The van der Waals surface area contributed by atoms with Gasteiger partial charge in [0.2, 0.25) is 15.9 Å². The second-order valence-corrected chi connectivity index (χ2v) is 9.92. The third kappa shape index (κ3) is 4.48. The Hall–Kier alpha value is -2.39. The van der Waals surface area contributed by atoms with Crippen LogP contribution in [0.3, 0.4) is 0 Å². The van der Waals surface area contributed by atoms with Crippen LogP contribution in [-0.2, 0) is 34.0 Å². The van der Waals surface area contributed by atoms with Gasteiger partial charge >= 0.3 is 6.18 Å². The zero-order valence-electron chi connectivity index (χ0n) is 16.8. The van der Waals surface area contributed by atoms with E-state index in [2.05, 4.69) is 6.07 Å². The summed E-state index contributed by atoms with van der Waals surface area (Å²) in [5.41, 5.74) is 1.38. The molecule has 2 aromatic rings. The Morgan fingerprint density at radius 1 is 0.935 bits per heavy atom. The zero-order valence-corrected chi connectivity index (χ0v) is 17.6. The minimum atomic E-state index is -4.61. The van der Waals surface area contributed by atoms with Gasteiger partial charge in [0.25, 0.3) is 0 Å². The molecule has 0 aliphatic carbocycles. The first-order chi connectivity index (χ1) is 14.7. The molecule has 2 aromatic carbocycles. The maximum atomic E-state index is 13.0. The number of hydrogen-bond acceptors (Lipinski definition) is 3. The summed E-state index contributed by atoms with van der Waals surface area (Å²) in [7, 11) is -4.05. The van der Waals surface area contributed by atoms with E-state index < -0.39 is 21.8 Å². The average molecular weight is 452 g/mol. The van der Waals surface area contributed by atoms with Crippen LogP contribution < -0.4 is 0 Å². The van der Waals surface area contributed by atoms with Crippen LogP contribution in [0.15, 0.2) is 53.4 Å². The van der Waals surface area contributed by atoms with Crippen LogP contribution in [0.1, 0.15) is 29.5 Å². The molecule has 31 heavy (non-hydrogen) atoms. The minimum Gasteiger partial charge on any atom is -0.338 e. The van der Waals surface area contributed by atoms with Crippen LogP contribution in [-0.4, -0.2) is 43.2 Å². The summed E-state index contributed by atoms with van der Waals surface area (Å²) in [6.45, 7) is 1.41. The molecule has 0 spiro atoms. The Balaban J connectivity index is 1.41. The van der Waals surface area contributed by atoms with Crippen LogP contribution in [0.5, 0.6) is 0 Å². The predicted octanol–water partition coefficient (Wildman–Crippen LogP) is 3.69. The minimum absolute atomic E-state index is 0.0191. The second-order valence-electron chi connectivity index (χ2n) is 7.98. The van der Waals surface area contributed by atoms with Crippen LogP contribution in [0, 0.1) is 5.92 Å². The highest BCUT2D eigenvalue weighted by Gasteiger charge is 2.36. The molecule has 1 amide bonds. The van der Waals surface area contributed by atoms with Crippen molar-refractivity contribution in [1.29, 1.82) is 0 Å². The molecule has 2 heterocycles. The molecule has 0 aromatic heterocycles. The first-order valence-corrected chi connectivity index (χ1v) is 11.6. The number of piperidine rings is 1. The van der Waals surface area contributed by atoms with E-state index >= 15 is 0 Å². The van der Waals surface area contributed by atoms with Gasteiger partial charge in [-0.3, -0.25) is 4.79 Å². The summed E-state index contributed by atoms with van der Waals surface area (Å²) in [4.78, 5) is 14.4. The lowest BCUT2D eigenvalue weighted by atomic mass is 9.94. The fraction of sp³-hybridized carbons (Fsp3) is 0.409. The number of benzene rings is 2. The Bertz CT molecular complexity index is 1080. The normalized spacial score (nSPS) is 18.6. The van der Waals surface area contributed by atoms with Gasteiger partial charge in [0.1, 0.15) is 0 Å². The molecule has 0 N–H and O–H groups in total. The molecule has 9 heteroatoms. The van der Waals surface area contributed by atoms with Crippen molar-refractivity contribution < 1.29 is 26.4 Å². The fourth-order valence-corrected chi connectivity index (χ4v) is 5.78. The van der Waals surface area contributed by atoms with Crippen LogP contribution in [0.2, 0.25) is 0 Å². The average Bonchev–Trinajstić information content (AvgIpc) is 2.78. The molecule has 0 unspecified atom stereocenters. The number of fused-ring (bicyclic) bond motifs is 1. The van der Waals surface area contributed by atoms with Gasteiger partial charge in [0, 0.05) is 32.1 Å². The molecular formula is C22H23F3N2O3S. The largest absolute Gasteiger partial charge is 0.416 e. The van der Waals surface area contributed by atoms with E-state index in [1.54, 1.807) is 0 Å². The van der Waals surface area contributed by atoms with Crippen molar-refractivity contribution in [3.8, 4) is 0 Å². The molecule has 1 fully saturated rings. The number of alkyl halides is 3. The Morgan fingerprint density at radius 3 is 2.29 bits per heavy atom. The highest BCUT2D eigenvalue weighted by molar-refractivity contribution is 7.89. The Kier molecular flexibility index (Phi) is 5.83. The van der Waals surface area contributed by atoms with Crippen molar-refractivity contribution in [2.24, 2.45) is 5.92 Å². The summed E-state index contributed by atoms with van der Waals surface area (Å²) in [6, 6.07) is 11.8. The molecule has 2 aliphatic rings. The second kappa shape index (κ2) is 8.27. The van der Waals surface area contributed by atoms with Crippen LogP contribution in [0.4, 0.5) is 13.2 Å². The predicted molar refractivity (Wildman–Crippen MR) is 108 cm³/mol. The van der Waals surface area contributed by atoms with E-state index in [9.17, 15) is 26.4 Å². The van der Waals surface area contributed by atoms with Crippen molar-refractivity contribution in [2.45, 2.75) is 36.9 Å². The van der Waals surface area contributed by atoms with Crippen molar-refractivity contribution >= 4 is 15.9 Å². The maximum absolute atomic E-state index is 13.0. The van der Waals surface area contributed by atoms with E-state index in [0.29, 0.717) is 32.0 Å². The van der Waals surface area contributed by atoms with Gasteiger partial charge in [-0.25, -0.2) is 8.42 Å². The number of nitrogens with zero attached hydrogens (tertiary/aromatic N) is 2. The fourth-order valence-electron chi connectivity index (χ4n) is 4.27. The van der Waals surface area contributed by atoms with Gasteiger partial charge in [-0.05, 0) is 48.6 Å². The lowest BCUT2D eigenvalue weighted by Crippen LogP contribution is -2.45. The lowest BCUT2D eigenvalue weighted by Gasteiger charge is -2.35. The van der Waals surface area contributed by atoms with Gasteiger partial charge in [-0.2, -0.15) is 17.5 Å². The van der Waals surface area contributed by atoms with E-state index in [4.69, 9.17) is 0 Å². The highest BCUT2D eigenvalue weighted by atomic mass is 32.2.